The minimum atomic E-state index is 0.00287. The van der Waals surface area contributed by atoms with Gasteiger partial charge in [-0.05, 0) is 50.1 Å². The Morgan fingerprint density at radius 3 is 2.88 bits per heavy atom. The van der Waals surface area contributed by atoms with Crippen LogP contribution in [0.3, 0.4) is 0 Å². The number of nitrogens with one attached hydrogen (secondary N) is 2. The van der Waals surface area contributed by atoms with E-state index in [4.69, 9.17) is 11.6 Å². The largest absolute Gasteiger partial charge is 0.345 e. The molecule has 2 aromatic rings. The third-order valence-electron chi connectivity index (χ3n) is 5.70. The number of hydrogen-bond donors (Lipinski definition) is 2. The van der Waals surface area contributed by atoms with Gasteiger partial charge in [0, 0.05) is 36.6 Å². The second-order valence-corrected chi connectivity index (χ2v) is 7.53. The monoisotopic (exact) mass is 372 g/mol. The summed E-state index contributed by atoms with van der Waals surface area (Å²) in [5.41, 5.74) is 4.80. The number of amides is 2. The van der Waals surface area contributed by atoms with Crippen molar-refractivity contribution in [2.75, 3.05) is 26.7 Å². The normalized spacial score (nSPS) is 22.1. The lowest BCUT2D eigenvalue weighted by atomic mass is 9.81. The fraction of sp³-hybridized carbons (Fsp3) is 0.450. The number of aromatic nitrogens is 1. The molecule has 2 aliphatic rings. The van der Waals surface area contributed by atoms with Gasteiger partial charge in [-0.15, -0.1) is 0 Å². The molecule has 5 nitrogen and oxygen atoms in total. The van der Waals surface area contributed by atoms with Crippen molar-refractivity contribution in [3.63, 3.8) is 0 Å². The van der Waals surface area contributed by atoms with Crippen molar-refractivity contribution in [2.45, 2.75) is 32.4 Å². The van der Waals surface area contributed by atoms with Crippen LogP contribution in [0.1, 0.15) is 25.0 Å². The molecule has 1 aliphatic carbocycles. The highest BCUT2D eigenvalue weighted by Gasteiger charge is 2.35. The minimum Gasteiger partial charge on any atom is -0.345 e. The molecule has 138 valence electrons. The van der Waals surface area contributed by atoms with Crippen molar-refractivity contribution in [1.29, 1.82) is 0 Å². The first-order chi connectivity index (χ1) is 12.5. The summed E-state index contributed by atoms with van der Waals surface area (Å²) >= 11 is 6.46. The van der Waals surface area contributed by atoms with E-state index in [1.54, 1.807) is 0 Å². The molecule has 1 aromatic carbocycles. The predicted molar refractivity (Wildman–Crippen MR) is 107 cm³/mol. The summed E-state index contributed by atoms with van der Waals surface area (Å²) in [6.07, 6.45) is 3.14. The molecular weight excluding hydrogens is 348 g/mol. The molecule has 1 aromatic heterocycles. The van der Waals surface area contributed by atoms with E-state index in [1.165, 1.54) is 22.1 Å². The highest BCUT2D eigenvalue weighted by Crippen LogP contribution is 2.42. The van der Waals surface area contributed by atoms with Crippen LogP contribution in [0.4, 0.5) is 4.79 Å². The van der Waals surface area contributed by atoms with E-state index in [0.717, 1.165) is 23.6 Å². The Hall–Kier alpha value is -1.98. The van der Waals surface area contributed by atoms with Gasteiger partial charge >= 0.3 is 6.03 Å². The molecule has 0 saturated heterocycles. The van der Waals surface area contributed by atoms with Crippen LogP contribution < -0.4 is 5.32 Å². The second kappa shape index (κ2) is 6.63. The SMILES string of the molecule is CCN(CC)C(=O)N[C@H]1C=C2c3cccc4[nH]c(Cl)c(c34)C[C@H]2N(C)C1. The summed E-state index contributed by atoms with van der Waals surface area (Å²) < 4.78 is 0. The van der Waals surface area contributed by atoms with Crippen LogP contribution in [-0.2, 0) is 6.42 Å². The molecule has 6 heteroatoms. The molecule has 4 rings (SSSR count). The number of rotatable bonds is 3. The van der Waals surface area contributed by atoms with Crippen molar-refractivity contribution < 1.29 is 4.79 Å². The second-order valence-electron chi connectivity index (χ2n) is 7.16. The fourth-order valence-corrected chi connectivity index (χ4v) is 4.62. The molecule has 2 amide bonds. The third-order valence-corrected chi connectivity index (χ3v) is 6.02. The number of hydrogen-bond acceptors (Lipinski definition) is 2. The summed E-state index contributed by atoms with van der Waals surface area (Å²) in [5.74, 6) is 0. The third kappa shape index (κ3) is 2.70. The zero-order chi connectivity index (χ0) is 18.4. The topological polar surface area (TPSA) is 51.4 Å². The molecule has 2 atom stereocenters. The van der Waals surface area contributed by atoms with Crippen molar-refractivity contribution in [3.05, 3.63) is 40.6 Å². The number of halogens is 1. The van der Waals surface area contributed by atoms with Gasteiger partial charge in [0.2, 0.25) is 0 Å². The summed E-state index contributed by atoms with van der Waals surface area (Å²) in [4.78, 5) is 19.9. The van der Waals surface area contributed by atoms with E-state index < -0.39 is 0 Å². The Kier molecular flexibility index (Phi) is 4.45. The highest BCUT2D eigenvalue weighted by molar-refractivity contribution is 6.32. The van der Waals surface area contributed by atoms with Gasteiger partial charge in [0.15, 0.2) is 0 Å². The van der Waals surface area contributed by atoms with Crippen molar-refractivity contribution in [3.8, 4) is 0 Å². The zero-order valence-corrected chi connectivity index (χ0v) is 16.2. The maximum Gasteiger partial charge on any atom is 0.317 e. The number of carbonyl (C=O) groups excluding carboxylic acids is 1. The lowest BCUT2D eigenvalue weighted by Gasteiger charge is -2.40. The van der Waals surface area contributed by atoms with Crippen molar-refractivity contribution in [1.82, 2.24) is 20.1 Å². The average Bonchev–Trinajstić information content (AvgIpc) is 2.94. The first kappa shape index (κ1) is 17.4. The number of urea groups is 1. The summed E-state index contributed by atoms with van der Waals surface area (Å²) in [7, 11) is 2.12. The average molecular weight is 373 g/mol. The van der Waals surface area contributed by atoms with Gasteiger partial charge in [-0.1, -0.05) is 29.8 Å². The molecule has 0 fully saturated rings. The van der Waals surface area contributed by atoms with Crippen LogP contribution >= 0.6 is 11.6 Å². The van der Waals surface area contributed by atoms with Gasteiger partial charge < -0.3 is 15.2 Å². The van der Waals surface area contributed by atoms with Crippen molar-refractivity contribution in [2.24, 2.45) is 0 Å². The lowest BCUT2D eigenvalue weighted by Crippen LogP contribution is -2.52. The van der Waals surface area contributed by atoms with Crippen LogP contribution in [-0.4, -0.2) is 59.6 Å². The zero-order valence-electron chi connectivity index (χ0n) is 15.5. The first-order valence-electron chi connectivity index (χ1n) is 9.30. The lowest BCUT2D eigenvalue weighted by molar-refractivity contribution is 0.193. The summed E-state index contributed by atoms with van der Waals surface area (Å²) in [5, 5.41) is 5.15. The quantitative estimate of drug-likeness (QED) is 0.866. The molecule has 0 spiro atoms. The molecule has 0 unspecified atom stereocenters. The number of nitrogens with zero attached hydrogens (tertiary/aromatic N) is 2. The van der Waals surface area contributed by atoms with Gasteiger partial charge in [-0.2, -0.15) is 0 Å². The standard InChI is InChI=1S/C20H25ClN4O/c1-4-25(5-2)20(26)22-12-9-14-13-7-6-8-16-18(13)15(19(21)23-16)10-17(14)24(3)11-12/h6-9,12,17,23H,4-5,10-11H2,1-3H3,(H,22,26)/t12-,17+/m0/s1. The molecule has 26 heavy (non-hydrogen) atoms. The maximum atomic E-state index is 12.5. The molecule has 0 bridgehead atoms. The van der Waals surface area contributed by atoms with E-state index >= 15 is 0 Å². The molecule has 2 heterocycles. The van der Waals surface area contributed by atoms with E-state index in [-0.39, 0.29) is 12.1 Å². The van der Waals surface area contributed by atoms with Gasteiger partial charge in [0.1, 0.15) is 5.15 Å². The van der Waals surface area contributed by atoms with Gasteiger partial charge in [-0.3, -0.25) is 4.90 Å². The number of likely N-dealkylation sites (N-methyl/N-ethyl adjacent to an activating group) is 1. The Morgan fingerprint density at radius 2 is 2.15 bits per heavy atom. The van der Waals surface area contributed by atoms with Gasteiger partial charge in [0.05, 0.1) is 6.04 Å². The Morgan fingerprint density at radius 1 is 1.38 bits per heavy atom. The number of benzene rings is 1. The first-order valence-corrected chi connectivity index (χ1v) is 9.68. The number of carbonyl (C=O) groups is 1. The molecular formula is C20H25ClN4O. The predicted octanol–water partition coefficient (Wildman–Crippen LogP) is 3.49. The molecule has 0 radical (unpaired) electrons. The van der Waals surface area contributed by atoms with E-state index in [9.17, 15) is 4.79 Å². The van der Waals surface area contributed by atoms with Crippen molar-refractivity contribution >= 4 is 34.1 Å². The highest BCUT2D eigenvalue weighted by atomic mass is 35.5. The minimum absolute atomic E-state index is 0.00287. The Balaban J connectivity index is 1.72. The van der Waals surface area contributed by atoms with Crippen LogP contribution in [0.15, 0.2) is 24.3 Å². The summed E-state index contributed by atoms with van der Waals surface area (Å²) in [6, 6.07) is 6.60. The Bertz CT molecular complexity index is 883. The van der Waals surface area contributed by atoms with Crippen LogP contribution in [0.5, 0.6) is 0 Å². The van der Waals surface area contributed by atoms with Gasteiger partial charge in [0.25, 0.3) is 0 Å². The number of aromatic amines is 1. The molecule has 2 N–H and O–H groups in total. The smallest absolute Gasteiger partial charge is 0.317 e. The number of fused-ring (bicyclic) bond motifs is 2. The Labute approximate surface area is 159 Å². The van der Waals surface area contributed by atoms with E-state index in [0.29, 0.717) is 19.1 Å². The number of H-pyrrole nitrogens is 1. The molecule has 1 aliphatic heterocycles. The van der Waals surface area contributed by atoms with Gasteiger partial charge in [-0.25, -0.2) is 4.79 Å². The summed E-state index contributed by atoms with van der Waals surface area (Å²) in [6.45, 7) is 6.24. The van der Waals surface area contributed by atoms with E-state index in [1.807, 2.05) is 18.7 Å². The van der Waals surface area contributed by atoms with Crippen LogP contribution in [0.25, 0.3) is 16.5 Å². The maximum absolute atomic E-state index is 12.5. The molecule has 0 saturated carbocycles. The van der Waals surface area contributed by atoms with Crippen LogP contribution in [0, 0.1) is 0 Å². The van der Waals surface area contributed by atoms with E-state index in [2.05, 4.69) is 46.5 Å². The van der Waals surface area contributed by atoms with Crippen LogP contribution in [0.2, 0.25) is 5.15 Å². The fourth-order valence-electron chi connectivity index (χ4n) is 4.35.